The highest BCUT2D eigenvalue weighted by atomic mass is 35.5. The molecule has 0 bridgehead atoms. The number of hydrogen-bond acceptors (Lipinski definition) is 6. The SMILES string of the molecule is COc1cc2ncc3c(c(-c4ccc(C#N)cc4)nn3C)c2cc1OCc1cccc(CN)c1.Cl. The highest BCUT2D eigenvalue weighted by Crippen LogP contribution is 2.38. The first-order valence-electron chi connectivity index (χ1n) is 10.9. The molecule has 176 valence electrons. The number of methoxy groups -OCH3 is 1. The van der Waals surface area contributed by atoms with Gasteiger partial charge in [0.05, 0.1) is 36.0 Å². The molecule has 0 radical (unpaired) electrons. The van der Waals surface area contributed by atoms with Crippen molar-refractivity contribution in [2.24, 2.45) is 12.8 Å². The van der Waals surface area contributed by atoms with E-state index < -0.39 is 0 Å². The average molecular weight is 486 g/mol. The number of aryl methyl sites for hydroxylation is 1. The largest absolute Gasteiger partial charge is 0.493 e. The van der Waals surface area contributed by atoms with E-state index in [4.69, 9.17) is 25.6 Å². The Bertz CT molecular complexity index is 1550. The Hall–Kier alpha value is -4.12. The first-order chi connectivity index (χ1) is 16.6. The second kappa shape index (κ2) is 10.0. The fourth-order valence-corrected chi connectivity index (χ4v) is 4.12. The van der Waals surface area contributed by atoms with Gasteiger partial charge in [0.25, 0.3) is 0 Å². The molecule has 0 saturated heterocycles. The molecule has 7 nitrogen and oxygen atoms in total. The summed E-state index contributed by atoms with van der Waals surface area (Å²) in [4.78, 5) is 4.64. The Kier molecular flexibility index (Phi) is 6.87. The smallest absolute Gasteiger partial charge is 0.162 e. The van der Waals surface area contributed by atoms with Gasteiger partial charge in [-0.15, -0.1) is 12.4 Å². The van der Waals surface area contributed by atoms with Crippen LogP contribution < -0.4 is 15.2 Å². The summed E-state index contributed by atoms with van der Waals surface area (Å²) in [7, 11) is 3.52. The van der Waals surface area contributed by atoms with Gasteiger partial charge in [-0.05, 0) is 29.3 Å². The summed E-state index contributed by atoms with van der Waals surface area (Å²) >= 11 is 0. The van der Waals surface area contributed by atoms with Crippen LogP contribution in [-0.4, -0.2) is 21.9 Å². The van der Waals surface area contributed by atoms with Crippen molar-refractivity contribution in [2.75, 3.05) is 7.11 Å². The van der Waals surface area contributed by atoms with Gasteiger partial charge in [-0.25, -0.2) is 0 Å². The Balaban J connectivity index is 0.00000289. The molecule has 35 heavy (non-hydrogen) atoms. The van der Waals surface area contributed by atoms with E-state index >= 15 is 0 Å². The van der Waals surface area contributed by atoms with E-state index in [1.54, 1.807) is 19.2 Å². The van der Waals surface area contributed by atoms with Crippen molar-refractivity contribution in [1.29, 1.82) is 5.26 Å². The number of nitriles is 1. The predicted octanol–water partition coefficient (Wildman–Crippen LogP) is 5.13. The number of pyridine rings is 1. The third-order valence-corrected chi connectivity index (χ3v) is 5.88. The topological polar surface area (TPSA) is 99.0 Å². The number of benzene rings is 3. The third-order valence-electron chi connectivity index (χ3n) is 5.88. The van der Waals surface area contributed by atoms with Crippen LogP contribution in [0.5, 0.6) is 11.5 Å². The van der Waals surface area contributed by atoms with Crippen LogP contribution in [0.2, 0.25) is 0 Å². The fourth-order valence-electron chi connectivity index (χ4n) is 4.12. The van der Waals surface area contributed by atoms with Crippen LogP contribution in [0.25, 0.3) is 33.1 Å². The molecule has 5 aromatic rings. The molecule has 2 heterocycles. The number of ether oxygens (including phenoxy) is 2. The lowest BCUT2D eigenvalue weighted by Gasteiger charge is -2.13. The summed E-state index contributed by atoms with van der Waals surface area (Å²) in [5, 5.41) is 15.8. The van der Waals surface area contributed by atoms with E-state index in [1.807, 2.05) is 66.5 Å². The first kappa shape index (κ1) is 24.0. The van der Waals surface area contributed by atoms with Gasteiger partial charge in [-0.3, -0.25) is 9.67 Å². The molecule has 0 spiro atoms. The normalized spacial score (nSPS) is 10.7. The van der Waals surface area contributed by atoms with Gasteiger partial charge in [-0.2, -0.15) is 10.4 Å². The predicted molar refractivity (Wildman–Crippen MR) is 139 cm³/mol. The Morgan fingerprint density at radius 3 is 2.51 bits per heavy atom. The zero-order chi connectivity index (χ0) is 23.7. The molecule has 0 atom stereocenters. The minimum Gasteiger partial charge on any atom is -0.493 e. The molecule has 0 unspecified atom stereocenters. The van der Waals surface area contributed by atoms with Crippen molar-refractivity contribution in [3.05, 3.63) is 83.6 Å². The number of nitrogens with two attached hydrogens (primary N) is 1. The maximum atomic E-state index is 9.15. The van der Waals surface area contributed by atoms with Crippen LogP contribution in [0.4, 0.5) is 0 Å². The molecule has 3 aromatic carbocycles. The standard InChI is InChI=1S/C27H23N5O2.ClH/c1-32-23-15-30-22-12-24(33-2)25(34-16-19-5-3-4-18(10-19)14-29)11-21(22)26(23)27(31-32)20-8-6-17(13-28)7-9-20;/h3-12,15H,14,16,29H2,1-2H3;1H. The first-order valence-corrected chi connectivity index (χ1v) is 10.9. The van der Waals surface area contributed by atoms with E-state index in [9.17, 15) is 0 Å². The molecule has 0 amide bonds. The molecule has 5 rings (SSSR count). The molecule has 0 fully saturated rings. The van der Waals surface area contributed by atoms with Crippen LogP contribution in [0.15, 0.2) is 66.9 Å². The lowest BCUT2D eigenvalue weighted by Crippen LogP contribution is -2.01. The van der Waals surface area contributed by atoms with Crippen LogP contribution in [0.1, 0.15) is 16.7 Å². The maximum Gasteiger partial charge on any atom is 0.162 e. The van der Waals surface area contributed by atoms with Crippen molar-refractivity contribution in [3.8, 4) is 28.8 Å². The van der Waals surface area contributed by atoms with E-state index in [-0.39, 0.29) is 12.4 Å². The lowest BCUT2D eigenvalue weighted by atomic mass is 10.0. The summed E-state index contributed by atoms with van der Waals surface area (Å²) < 4.78 is 13.6. The lowest BCUT2D eigenvalue weighted by molar-refractivity contribution is 0.285. The van der Waals surface area contributed by atoms with E-state index in [0.717, 1.165) is 44.2 Å². The summed E-state index contributed by atoms with van der Waals surface area (Å²) in [6.45, 7) is 0.866. The number of aromatic nitrogens is 3. The van der Waals surface area contributed by atoms with Gasteiger partial charge in [-0.1, -0.05) is 36.4 Å². The van der Waals surface area contributed by atoms with Crippen molar-refractivity contribution in [1.82, 2.24) is 14.8 Å². The molecular weight excluding hydrogens is 462 g/mol. The summed E-state index contributed by atoms with van der Waals surface area (Å²) in [5.41, 5.74) is 11.9. The highest BCUT2D eigenvalue weighted by molar-refractivity contribution is 6.11. The number of nitrogens with zero attached hydrogens (tertiary/aromatic N) is 4. The third kappa shape index (κ3) is 4.50. The molecular formula is C27H24ClN5O2. The van der Waals surface area contributed by atoms with Gasteiger partial charge < -0.3 is 15.2 Å². The van der Waals surface area contributed by atoms with Crippen molar-refractivity contribution >= 4 is 34.2 Å². The van der Waals surface area contributed by atoms with Crippen LogP contribution >= 0.6 is 12.4 Å². The quantitative estimate of drug-likeness (QED) is 0.358. The van der Waals surface area contributed by atoms with Gasteiger partial charge in [0.15, 0.2) is 11.5 Å². The molecule has 0 saturated carbocycles. The average Bonchev–Trinajstić information content (AvgIpc) is 3.23. The van der Waals surface area contributed by atoms with Crippen LogP contribution in [-0.2, 0) is 20.2 Å². The van der Waals surface area contributed by atoms with Crippen LogP contribution in [0.3, 0.4) is 0 Å². The summed E-state index contributed by atoms with van der Waals surface area (Å²) in [5.74, 6) is 1.23. The highest BCUT2D eigenvalue weighted by Gasteiger charge is 2.17. The zero-order valence-electron chi connectivity index (χ0n) is 19.4. The Labute approximate surface area is 209 Å². The molecule has 2 N–H and O–H groups in total. The van der Waals surface area contributed by atoms with Crippen LogP contribution in [0, 0.1) is 11.3 Å². The minimum absolute atomic E-state index is 0. The monoisotopic (exact) mass is 485 g/mol. The fraction of sp³-hybridized carbons (Fsp3) is 0.148. The summed E-state index contributed by atoms with van der Waals surface area (Å²) in [6.07, 6.45) is 1.82. The molecule has 0 aliphatic rings. The molecule has 2 aromatic heterocycles. The van der Waals surface area contributed by atoms with Gasteiger partial charge in [0.2, 0.25) is 0 Å². The minimum atomic E-state index is 0. The molecule has 0 aliphatic heterocycles. The number of hydrogen-bond donors (Lipinski definition) is 1. The van der Waals surface area contributed by atoms with Gasteiger partial charge in [0, 0.05) is 36.0 Å². The second-order valence-corrected chi connectivity index (χ2v) is 8.01. The Morgan fingerprint density at radius 2 is 1.80 bits per heavy atom. The van der Waals surface area contributed by atoms with E-state index in [0.29, 0.717) is 30.2 Å². The van der Waals surface area contributed by atoms with E-state index in [2.05, 4.69) is 11.1 Å². The van der Waals surface area contributed by atoms with Gasteiger partial charge >= 0.3 is 0 Å². The van der Waals surface area contributed by atoms with Crippen molar-refractivity contribution in [3.63, 3.8) is 0 Å². The van der Waals surface area contributed by atoms with Crippen molar-refractivity contribution in [2.45, 2.75) is 13.2 Å². The second-order valence-electron chi connectivity index (χ2n) is 8.01. The summed E-state index contributed by atoms with van der Waals surface area (Å²) in [6, 6.07) is 21.5. The van der Waals surface area contributed by atoms with Crippen molar-refractivity contribution < 1.29 is 9.47 Å². The number of fused-ring (bicyclic) bond motifs is 3. The number of rotatable bonds is 6. The molecule has 8 heteroatoms. The number of halogens is 1. The zero-order valence-corrected chi connectivity index (χ0v) is 20.2. The van der Waals surface area contributed by atoms with Gasteiger partial charge in [0.1, 0.15) is 12.3 Å². The van der Waals surface area contributed by atoms with E-state index in [1.165, 1.54) is 0 Å². The Morgan fingerprint density at radius 1 is 1.03 bits per heavy atom. The maximum absolute atomic E-state index is 9.15. The molecule has 0 aliphatic carbocycles.